The molecule has 0 unspecified atom stereocenters. The Morgan fingerprint density at radius 3 is 2.41 bits per heavy atom. The van der Waals surface area contributed by atoms with Crippen molar-refractivity contribution in [3.05, 3.63) is 60.0 Å². The molecule has 3 rings (SSSR count). The van der Waals surface area contributed by atoms with Gasteiger partial charge in [0.1, 0.15) is 10.4 Å². The van der Waals surface area contributed by atoms with Crippen LogP contribution in [0.1, 0.15) is 38.6 Å². The Morgan fingerprint density at radius 2 is 1.79 bits per heavy atom. The summed E-state index contributed by atoms with van der Waals surface area (Å²) in [6, 6.07) is 13.1. The number of Topliss-reactive ketones (excluding diaryl/α,β-unsaturated/α-hetero) is 1. The van der Waals surface area contributed by atoms with E-state index in [9.17, 15) is 13.2 Å². The summed E-state index contributed by atoms with van der Waals surface area (Å²) in [7, 11) is -4.21. The Labute approximate surface area is 169 Å². The van der Waals surface area contributed by atoms with E-state index in [4.69, 9.17) is 8.70 Å². The summed E-state index contributed by atoms with van der Waals surface area (Å²) in [4.78, 5) is 17.3. The van der Waals surface area contributed by atoms with E-state index in [0.29, 0.717) is 17.5 Å². The molecule has 2 aromatic carbocycles. The van der Waals surface area contributed by atoms with E-state index in [0.717, 1.165) is 5.56 Å². The van der Waals surface area contributed by atoms with Crippen LogP contribution in [0.5, 0.6) is 0 Å². The Hall–Kier alpha value is -3.00. The summed E-state index contributed by atoms with van der Waals surface area (Å²) < 4.78 is 35.5. The molecule has 0 aliphatic heterocycles. The second kappa shape index (κ2) is 7.79. The largest absolute Gasteiger partial charge is 0.435 e. The van der Waals surface area contributed by atoms with Gasteiger partial charge in [0.2, 0.25) is 5.71 Å². The zero-order valence-corrected chi connectivity index (χ0v) is 17.5. The molecule has 0 aliphatic rings. The number of oxime groups is 1. The molecule has 1 heterocycles. The molecule has 29 heavy (non-hydrogen) atoms. The fourth-order valence-electron chi connectivity index (χ4n) is 2.47. The van der Waals surface area contributed by atoms with Crippen molar-refractivity contribution in [2.75, 3.05) is 0 Å². The number of aryl methyl sites for hydroxylation is 1. The molecule has 0 atom stereocenters. The normalized spacial score (nSPS) is 12.9. The number of hydrogen-bond donors (Lipinski definition) is 0. The molecule has 0 aliphatic carbocycles. The van der Waals surface area contributed by atoms with Crippen LogP contribution in [0.15, 0.2) is 63.0 Å². The number of benzene rings is 2. The van der Waals surface area contributed by atoms with Crippen molar-refractivity contribution in [3.63, 3.8) is 0 Å². The monoisotopic (exact) mass is 414 g/mol. The van der Waals surface area contributed by atoms with Gasteiger partial charge in [-0.3, -0.25) is 9.08 Å². The average molecular weight is 414 g/mol. The van der Waals surface area contributed by atoms with E-state index < -0.39 is 21.3 Å². The number of hydrogen-bond acceptors (Lipinski definition) is 7. The van der Waals surface area contributed by atoms with Crippen LogP contribution < -0.4 is 0 Å². The molecule has 1 aromatic heterocycles. The Bertz CT molecular complexity index is 1140. The zero-order valence-electron chi connectivity index (χ0n) is 16.7. The molecule has 0 spiro atoms. The highest BCUT2D eigenvalue weighted by atomic mass is 32.2. The molecule has 8 heteroatoms. The van der Waals surface area contributed by atoms with Crippen LogP contribution in [-0.4, -0.2) is 24.9 Å². The number of nitrogens with zero attached hydrogens (tertiary/aromatic N) is 2. The smallest absolute Gasteiger partial charge is 0.358 e. The highest BCUT2D eigenvalue weighted by molar-refractivity contribution is 7.86. The fourth-order valence-corrected chi connectivity index (χ4v) is 3.19. The minimum Gasteiger partial charge on any atom is -0.435 e. The summed E-state index contributed by atoms with van der Waals surface area (Å²) >= 11 is 0. The number of carbonyl (C=O) groups excluding carboxylic acids is 1. The minimum atomic E-state index is -4.21. The maximum absolute atomic E-state index is 13.1. The van der Waals surface area contributed by atoms with Crippen LogP contribution in [0.2, 0.25) is 0 Å². The predicted molar refractivity (Wildman–Crippen MR) is 109 cm³/mol. The van der Waals surface area contributed by atoms with Crippen LogP contribution in [0.4, 0.5) is 0 Å². The van der Waals surface area contributed by atoms with Crippen LogP contribution in [-0.2, 0) is 19.2 Å². The predicted octanol–water partition coefficient (Wildman–Crippen LogP) is 4.25. The third-order valence-electron chi connectivity index (χ3n) is 4.75. The van der Waals surface area contributed by atoms with Crippen LogP contribution in [0.3, 0.4) is 0 Å². The lowest BCUT2D eigenvalue weighted by Gasteiger charge is -2.20. The first-order valence-electron chi connectivity index (χ1n) is 9.13. The lowest BCUT2D eigenvalue weighted by molar-refractivity contribution is -0.120. The Kier molecular flexibility index (Phi) is 5.57. The number of aromatic nitrogens is 1. The summed E-state index contributed by atoms with van der Waals surface area (Å²) in [6.07, 6.45) is 0.510. The Balaban J connectivity index is 2.04. The fraction of sp³-hybridized carbons (Fsp3) is 0.286. The summed E-state index contributed by atoms with van der Waals surface area (Å²) in [6.45, 7) is 7.17. The van der Waals surface area contributed by atoms with Gasteiger partial charge < -0.3 is 4.42 Å². The second-order valence-electron chi connectivity index (χ2n) is 7.33. The van der Waals surface area contributed by atoms with Crippen molar-refractivity contribution in [3.8, 4) is 0 Å². The number of carbonyl (C=O) groups is 1. The molecular weight excluding hydrogens is 392 g/mol. The SMILES string of the molecule is CCC(C)(C)C(=O)/C(=N\OS(=O)(=O)c1ccc(C)cc1)c1nc2ccccc2o1. The van der Waals surface area contributed by atoms with Gasteiger partial charge in [-0.2, -0.15) is 8.42 Å². The van der Waals surface area contributed by atoms with E-state index >= 15 is 0 Å². The van der Waals surface area contributed by atoms with E-state index in [-0.39, 0.29) is 16.5 Å². The molecule has 3 aromatic rings. The third-order valence-corrected chi connectivity index (χ3v) is 5.87. The van der Waals surface area contributed by atoms with E-state index in [2.05, 4.69) is 10.1 Å². The molecule has 152 valence electrons. The van der Waals surface area contributed by atoms with Gasteiger partial charge in [-0.1, -0.05) is 55.8 Å². The molecule has 0 bridgehead atoms. The number of fused-ring (bicyclic) bond motifs is 1. The van der Waals surface area contributed by atoms with Crippen LogP contribution in [0.25, 0.3) is 11.1 Å². The van der Waals surface area contributed by atoms with Crippen molar-refractivity contribution in [2.24, 2.45) is 10.6 Å². The minimum absolute atomic E-state index is 0.0639. The lowest BCUT2D eigenvalue weighted by atomic mass is 9.83. The van der Waals surface area contributed by atoms with Crippen molar-refractivity contribution in [1.82, 2.24) is 4.98 Å². The first kappa shape index (κ1) is 20.7. The molecule has 0 saturated heterocycles. The lowest BCUT2D eigenvalue weighted by Crippen LogP contribution is -2.32. The highest BCUT2D eigenvalue weighted by Crippen LogP contribution is 2.25. The van der Waals surface area contributed by atoms with Crippen molar-refractivity contribution in [1.29, 1.82) is 0 Å². The van der Waals surface area contributed by atoms with E-state index in [1.807, 2.05) is 13.8 Å². The standard InChI is InChI=1S/C21H22N2O5S/c1-5-21(3,4)19(24)18(20-22-16-8-6-7-9-17(16)27-20)23-28-29(25,26)15-12-10-14(2)11-13-15/h6-13H,5H2,1-4H3/b23-18+. The first-order valence-corrected chi connectivity index (χ1v) is 10.5. The van der Waals surface area contributed by atoms with Gasteiger partial charge in [0, 0.05) is 5.41 Å². The van der Waals surface area contributed by atoms with Gasteiger partial charge in [-0.05, 0) is 37.6 Å². The summed E-state index contributed by atoms with van der Waals surface area (Å²) in [5.74, 6) is -0.512. The number of rotatable bonds is 7. The molecule has 0 amide bonds. The maximum Gasteiger partial charge on any atom is 0.358 e. The highest BCUT2D eigenvalue weighted by Gasteiger charge is 2.34. The van der Waals surface area contributed by atoms with Crippen LogP contribution in [0, 0.1) is 12.3 Å². The summed E-state index contributed by atoms with van der Waals surface area (Å²) in [5.41, 5.74) is 0.803. The van der Waals surface area contributed by atoms with E-state index in [1.54, 1.807) is 50.2 Å². The van der Waals surface area contributed by atoms with Gasteiger partial charge in [0.15, 0.2) is 11.4 Å². The first-order chi connectivity index (χ1) is 13.6. The van der Waals surface area contributed by atoms with E-state index in [1.165, 1.54) is 12.1 Å². The zero-order chi connectivity index (χ0) is 21.2. The molecule has 7 nitrogen and oxygen atoms in total. The Morgan fingerprint density at radius 1 is 1.14 bits per heavy atom. The number of oxazole rings is 1. The molecular formula is C21H22N2O5S. The summed E-state index contributed by atoms with van der Waals surface area (Å²) in [5, 5.41) is 3.70. The molecule has 0 N–H and O–H groups in total. The van der Waals surface area contributed by atoms with Crippen LogP contribution >= 0.6 is 0 Å². The van der Waals surface area contributed by atoms with Crippen molar-refractivity contribution < 1.29 is 21.9 Å². The topological polar surface area (TPSA) is 98.8 Å². The van der Waals surface area contributed by atoms with Crippen molar-refractivity contribution >= 4 is 32.7 Å². The van der Waals surface area contributed by atoms with Gasteiger partial charge in [0.25, 0.3) is 5.89 Å². The van der Waals surface area contributed by atoms with Gasteiger partial charge in [-0.25, -0.2) is 4.98 Å². The maximum atomic E-state index is 13.1. The number of para-hydroxylation sites is 2. The quantitative estimate of drug-likeness (QED) is 0.423. The third kappa shape index (κ3) is 4.37. The van der Waals surface area contributed by atoms with Gasteiger partial charge >= 0.3 is 10.1 Å². The van der Waals surface area contributed by atoms with Crippen molar-refractivity contribution in [2.45, 2.75) is 39.0 Å². The van der Waals surface area contributed by atoms with Gasteiger partial charge in [0.05, 0.1) is 0 Å². The molecule has 0 saturated carbocycles. The van der Waals surface area contributed by atoms with Gasteiger partial charge in [-0.15, -0.1) is 0 Å². The second-order valence-corrected chi connectivity index (χ2v) is 8.86. The molecule has 0 fully saturated rings. The number of ketones is 1. The average Bonchev–Trinajstić information content (AvgIpc) is 3.12. The molecule has 0 radical (unpaired) electrons.